The van der Waals surface area contributed by atoms with Crippen molar-refractivity contribution in [2.45, 2.75) is 19.1 Å². The molecule has 25 heavy (non-hydrogen) atoms. The second-order valence-corrected chi connectivity index (χ2v) is 6.93. The first-order chi connectivity index (χ1) is 12.1. The molecule has 3 rings (SSSR count). The van der Waals surface area contributed by atoms with Gasteiger partial charge in [0.2, 0.25) is 0 Å². The highest BCUT2D eigenvalue weighted by Gasteiger charge is 2.24. The largest absolute Gasteiger partial charge is 0.388 e. The quantitative estimate of drug-likeness (QED) is 0.806. The second kappa shape index (κ2) is 8.54. The highest BCUT2D eigenvalue weighted by atomic mass is 16.5. The molecule has 0 bridgehead atoms. The molecule has 1 aromatic carbocycles. The summed E-state index contributed by atoms with van der Waals surface area (Å²) in [6.07, 6.45) is 3.66. The van der Waals surface area contributed by atoms with Crippen LogP contribution in [0.2, 0.25) is 0 Å². The molecule has 1 fully saturated rings. The Morgan fingerprint density at radius 2 is 2.00 bits per heavy atom. The van der Waals surface area contributed by atoms with Crippen molar-refractivity contribution in [2.75, 3.05) is 39.4 Å². The van der Waals surface area contributed by atoms with Crippen molar-refractivity contribution in [3.63, 3.8) is 0 Å². The summed E-state index contributed by atoms with van der Waals surface area (Å²) in [7, 11) is 0. The van der Waals surface area contributed by atoms with Gasteiger partial charge in [0.05, 0.1) is 18.8 Å². The van der Waals surface area contributed by atoms with Gasteiger partial charge in [-0.3, -0.25) is 9.88 Å². The van der Waals surface area contributed by atoms with E-state index in [9.17, 15) is 5.11 Å². The summed E-state index contributed by atoms with van der Waals surface area (Å²) >= 11 is 0. The highest BCUT2D eigenvalue weighted by molar-refractivity contribution is 5.62. The Kier molecular flexibility index (Phi) is 6.15. The van der Waals surface area contributed by atoms with E-state index in [2.05, 4.69) is 45.5 Å². The van der Waals surface area contributed by atoms with Crippen molar-refractivity contribution < 1.29 is 9.84 Å². The third-order valence-corrected chi connectivity index (χ3v) is 4.42. The number of ether oxygens (including phenoxy) is 1. The number of nitrogens with one attached hydrogen (secondary N) is 1. The summed E-state index contributed by atoms with van der Waals surface area (Å²) in [4.78, 5) is 6.44. The molecular weight excluding hydrogens is 314 g/mol. The second-order valence-electron chi connectivity index (χ2n) is 6.93. The van der Waals surface area contributed by atoms with E-state index < -0.39 is 5.60 Å². The highest BCUT2D eigenvalue weighted by Crippen LogP contribution is 2.19. The molecule has 1 atom stereocenters. The van der Waals surface area contributed by atoms with Crippen molar-refractivity contribution in [3.8, 4) is 11.1 Å². The van der Waals surface area contributed by atoms with Crippen molar-refractivity contribution >= 4 is 0 Å². The molecule has 1 unspecified atom stereocenters. The number of pyridine rings is 1. The molecule has 1 aliphatic heterocycles. The molecule has 2 aromatic rings. The van der Waals surface area contributed by atoms with Gasteiger partial charge in [-0.2, -0.15) is 0 Å². The Labute approximate surface area is 149 Å². The smallest absolute Gasteiger partial charge is 0.0869 e. The Hall–Kier alpha value is -1.79. The summed E-state index contributed by atoms with van der Waals surface area (Å²) in [5.74, 6) is 0. The zero-order chi connectivity index (χ0) is 17.5. The predicted molar refractivity (Wildman–Crippen MR) is 99.3 cm³/mol. The van der Waals surface area contributed by atoms with Crippen LogP contribution in [0.5, 0.6) is 0 Å². The number of hydrogen-bond acceptors (Lipinski definition) is 5. The molecule has 0 aliphatic carbocycles. The molecule has 2 N–H and O–H groups in total. The first kappa shape index (κ1) is 18.0. The molecule has 5 heteroatoms. The maximum atomic E-state index is 10.6. The van der Waals surface area contributed by atoms with Crippen molar-refractivity contribution in [1.29, 1.82) is 0 Å². The SMILES string of the molecule is CC(O)(CNCc1cccc(-c2cccnc2)c1)CN1CCOCC1. The maximum absolute atomic E-state index is 10.6. The molecule has 0 saturated carbocycles. The third kappa shape index (κ3) is 5.61. The molecule has 5 nitrogen and oxygen atoms in total. The van der Waals surface area contributed by atoms with E-state index in [1.54, 1.807) is 6.20 Å². The van der Waals surface area contributed by atoms with E-state index in [0.717, 1.165) is 44.0 Å². The molecule has 0 amide bonds. The van der Waals surface area contributed by atoms with Crippen LogP contribution < -0.4 is 5.32 Å². The Balaban J connectivity index is 1.51. The number of aliphatic hydroxyl groups is 1. The molecule has 134 valence electrons. The van der Waals surface area contributed by atoms with Crippen LogP contribution in [-0.2, 0) is 11.3 Å². The van der Waals surface area contributed by atoms with Gasteiger partial charge in [-0.1, -0.05) is 24.3 Å². The fourth-order valence-electron chi connectivity index (χ4n) is 3.17. The van der Waals surface area contributed by atoms with Gasteiger partial charge >= 0.3 is 0 Å². The van der Waals surface area contributed by atoms with Crippen LogP contribution in [0.4, 0.5) is 0 Å². The van der Waals surface area contributed by atoms with Gasteiger partial charge in [0.25, 0.3) is 0 Å². The standard InChI is InChI=1S/C20H27N3O2/c1-20(24,16-23-8-10-25-11-9-23)15-22-13-17-4-2-5-18(12-17)19-6-3-7-21-14-19/h2-7,12,14,22,24H,8-11,13,15-16H2,1H3. The minimum atomic E-state index is -0.752. The van der Waals surface area contributed by atoms with Gasteiger partial charge in [-0.25, -0.2) is 0 Å². The van der Waals surface area contributed by atoms with E-state index in [0.29, 0.717) is 13.1 Å². The minimum Gasteiger partial charge on any atom is -0.388 e. The van der Waals surface area contributed by atoms with Crippen molar-refractivity contribution in [3.05, 3.63) is 54.4 Å². The van der Waals surface area contributed by atoms with E-state index >= 15 is 0 Å². The number of β-amino-alcohol motifs (C(OH)–C–C–N with tert-alkyl or cyclic N) is 1. The number of rotatable bonds is 7. The average Bonchev–Trinajstić information content (AvgIpc) is 2.63. The van der Waals surface area contributed by atoms with Crippen LogP contribution in [0.1, 0.15) is 12.5 Å². The topological polar surface area (TPSA) is 57.6 Å². The first-order valence-electron chi connectivity index (χ1n) is 8.85. The normalized spacial score (nSPS) is 18.0. The summed E-state index contributed by atoms with van der Waals surface area (Å²) in [5, 5.41) is 14.0. The number of benzene rings is 1. The number of hydrogen-bond donors (Lipinski definition) is 2. The van der Waals surface area contributed by atoms with Gasteiger partial charge in [-0.15, -0.1) is 0 Å². The van der Waals surface area contributed by atoms with Crippen LogP contribution in [0.3, 0.4) is 0 Å². The molecular formula is C20H27N3O2. The summed E-state index contributed by atoms with van der Waals surface area (Å²) < 4.78 is 5.36. The summed E-state index contributed by atoms with van der Waals surface area (Å²) in [6.45, 7) is 7.14. The van der Waals surface area contributed by atoms with Gasteiger partial charge in [-0.05, 0) is 35.7 Å². The Bertz CT molecular complexity index is 655. The molecule has 2 heterocycles. The minimum absolute atomic E-state index is 0.557. The first-order valence-corrected chi connectivity index (χ1v) is 8.85. The third-order valence-electron chi connectivity index (χ3n) is 4.42. The Morgan fingerprint density at radius 3 is 2.76 bits per heavy atom. The van der Waals surface area contributed by atoms with Crippen LogP contribution in [0.15, 0.2) is 48.8 Å². The lowest BCUT2D eigenvalue weighted by molar-refractivity contribution is -0.0219. The van der Waals surface area contributed by atoms with Gasteiger partial charge in [0, 0.05) is 45.1 Å². The molecule has 0 spiro atoms. The maximum Gasteiger partial charge on any atom is 0.0869 e. The lowest BCUT2D eigenvalue weighted by Crippen LogP contribution is -2.50. The van der Waals surface area contributed by atoms with Gasteiger partial charge in [0.1, 0.15) is 0 Å². The fraction of sp³-hybridized carbons (Fsp3) is 0.450. The summed E-state index contributed by atoms with van der Waals surface area (Å²) in [6, 6.07) is 12.4. The number of nitrogens with zero attached hydrogens (tertiary/aromatic N) is 2. The number of aromatic nitrogens is 1. The van der Waals surface area contributed by atoms with E-state index in [1.807, 2.05) is 19.2 Å². The molecule has 1 saturated heterocycles. The summed E-state index contributed by atoms with van der Waals surface area (Å²) in [5.41, 5.74) is 2.72. The van der Waals surface area contributed by atoms with Gasteiger partial charge in [0.15, 0.2) is 0 Å². The fourth-order valence-corrected chi connectivity index (χ4v) is 3.17. The van der Waals surface area contributed by atoms with E-state index in [4.69, 9.17) is 4.74 Å². The predicted octanol–water partition coefficient (Wildman–Crippen LogP) is 1.92. The monoisotopic (exact) mass is 341 g/mol. The molecule has 0 radical (unpaired) electrons. The zero-order valence-electron chi connectivity index (χ0n) is 14.8. The van der Waals surface area contributed by atoms with Crippen molar-refractivity contribution in [2.24, 2.45) is 0 Å². The van der Waals surface area contributed by atoms with Crippen LogP contribution in [0.25, 0.3) is 11.1 Å². The Morgan fingerprint density at radius 1 is 1.20 bits per heavy atom. The van der Waals surface area contributed by atoms with Crippen LogP contribution >= 0.6 is 0 Å². The van der Waals surface area contributed by atoms with Crippen LogP contribution in [0, 0.1) is 0 Å². The molecule has 1 aromatic heterocycles. The lowest BCUT2D eigenvalue weighted by Gasteiger charge is -2.34. The van der Waals surface area contributed by atoms with Crippen LogP contribution in [-0.4, -0.2) is 60.0 Å². The molecule has 1 aliphatic rings. The van der Waals surface area contributed by atoms with Gasteiger partial charge < -0.3 is 15.2 Å². The average molecular weight is 341 g/mol. The zero-order valence-corrected chi connectivity index (χ0v) is 14.8. The van der Waals surface area contributed by atoms with E-state index in [-0.39, 0.29) is 0 Å². The van der Waals surface area contributed by atoms with Crippen molar-refractivity contribution in [1.82, 2.24) is 15.2 Å². The van der Waals surface area contributed by atoms with E-state index in [1.165, 1.54) is 5.56 Å². The number of morpholine rings is 1. The lowest BCUT2D eigenvalue weighted by atomic mass is 10.0.